The highest BCUT2D eigenvalue weighted by Crippen LogP contribution is 2.34. The Morgan fingerprint density at radius 2 is 2.21 bits per heavy atom. The van der Waals surface area contributed by atoms with Crippen molar-refractivity contribution in [2.45, 2.75) is 37.9 Å². The van der Waals surface area contributed by atoms with Gasteiger partial charge in [-0.15, -0.1) is 0 Å². The maximum Gasteiger partial charge on any atom is 0.227 e. The number of thiophene rings is 1. The molecule has 2 amide bonds. The van der Waals surface area contributed by atoms with Gasteiger partial charge < -0.3 is 9.80 Å². The lowest BCUT2D eigenvalue weighted by Gasteiger charge is -2.25. The van der Waals surface area contributed by atoms with Gasteiger partial charge in [-0.25, -0.2) is 0 Å². The highest BCUT2D eigenvalue weighted by Gasteiger charge is 2.47. The van der Waals surface area contributed by atoms with Crippen molar-refractivity contribution in [3.8, 4) is 0 Å². The van der Waals surface area contributed by atoms with Crippen LogP contribution in [0.3, 0.4) is 0 Å². The normalized spacial score (nSPS) is 22.9. The van der Waals surface area contributed by atoms with E-state index in [1.165, 1.54) is 0 Å². The van der Waals surface area contributed by atoms with E-state index >= 15 is 0 Å². The number of nitrogens with zero attached hydrogens (tertiary/aromatic N) is 3. The third kappa shape index (κ3) is 2.82. The van der Waals surface area contributed by atoms with E-state index in [1.54, 1.807) is 23.7 Å². The number of likely N-dealkylation sites (tertiary alicyclic amines) is 2. The van der Waals surface area contributed by atoms with E-state index in [2.05, 4.69) is 4.98 Å². The molecule has 0 unspecified atom stereocenters. The molecular weight excluding hydrogens is 322 g/mol. The van der Waals surface area contributed by atoms with Crippen molar-refractivity contribution < 1.29 is 9.59 Å². The summed E-state index contributed by atoms with van der Waals surface area (Å²) in [6, 6.07) is 6.04. The van der Waals surface area contributed by atoms with Gasteiger partial charge >= 0.3 is 0 Å². The molecule has 5 nitrogen and oxygen atoms in total. The predicted molar refractivity (Wildman–Crippen MR) is 91.3 cm³/mol. The fraction of sp³-hybridized carbons (Fsp3) is 0.389. The lowest BCUT2D eigenvalue weighted by atomic mass is 10.1. The molecule has 24 heavy (non-hydrogen) atoms. The molecule has 0 spiro atoms. The first kappa shape index (κ1) is 15.3. The Kier molecular flexibility index (Phi) is 4.06. The van der Waals surface area contributed by atoms with E-state index in [9.17, 15) is 9.59 Å². The van der Waals surface area contributed by atoms with Gasteiger partial charge in [0.1, 0.15) is 0 Å². The van der Waals surface area contributed by atoms with Crippen LogP contribution in [0.25, 0.3) is 0 Å². The summed E-state index contributed by atoms with van der Waals surface area (Å²) in [7, 11) is 0. The van der Waals surface area contributed by atoms with Gasteiger partial charge in [0.25, 0.3) is 0 Å². The number of aromatic nitrogens is 1. The highest BCUT2D eigenvalue weighted by atomic mass is 32.1. The Labute approximate surface area is 144 Å². The van der Waals surface area contributed by atoms with E-state index < -0.39 is 0 Å². The van der Waals surface area contributed by atoms with Crippen LogP contribution in [0.4, 0.5) is 0 Å². The SMILES string of the molecule is O=C(Cc1ccsc1)N1CC[C@H]2[C@H]1CC(=O)N2Cc1cccnc1. The molecule has 124 valence electrons. The molecule has 2 aliphatic rings. The molecule has 0 N–H and O–H groups in total. The molecule has 6 heteroatoms. The first-order valence-electron chi connectivity index (χ1n) is 8.21. The summed E-state index contributed by atoms with van der Waals surface area (Å²) in [6.07, 6.45) is 5.28. The van der Waals surface area contributed by atoms with Crippen LogP contribution in [0.15, 0.2) is 41.4 Å². The van der Waals surface area contributed by atoms with E-state index in [4.69, 9.17) is 0 Å². The lowest BCUT2D eigenvalue weighted by molar-refractivity contribution is -0.131. The maximum atomic E-state index is 12.6. The third-order valence-electron chi connectivity index (χ3n) is 4.95. The van der Waals surface area contributed by atoms with Crippen LogP contribution in [0.1, 0.15) is 24.0 Å². The van der Waals surface area contributed by atoms with Crippen LogP contribution < -0.4 is 0 Å². The Balaban J connectivity index is 1.46. The summed E-state index contributed by atoms with van der Waals surface area (Å²) in [5.41, 5.74) is 2.10. The number of fused-ring (bicyclic) bond motifs is 1. The number of hydrogen-bond donors (Lipinski definition) is 0. The first-order valence-corrected chi connectivity index (χ1v) is 9.15. The largest absolute Gasteiger partial charge is 0.337 e. The molecule has 0 aliphatic carbocycles. The van der Waals surface area contributed by atoms with Gasteiger partial charge in [-0.2, -0.15) is 11.3 Å². The summed E-state index contributed by atoms with van der Waals surface area (Å²) in [6.45, 7) is 1.33. The van der Waals surface area contributed by atoms with Gasteiger partial charge in [-0.3, -0.25) is 14.6 Å². The molecule has 4 rings (SSSR count). The quantitative estimate of drug-likeness (QED) is 0.856. The number of carbonyl (C=O) groups excluding carboxylic acids is 2. The summed E-state index contributed by atoms with van der Waals surface area (Å²) in [5.74, 6) is 0.277. The molecule has 2 aliphatic heterocycles. The monoisotopic (exact) mass is 341 g/mol. The molecule has 2 atom stereocenters. The molecule has 0 aromatic carbocycles. The van der Waals surface area contributed by atoms with E-state index in [0.717, 1.165) is 24.1 Å². The molecule has 2 saturated heterocycles. The van der Waals surface area contributed by atoms with Gasteiger partial charge in [0.2, 0.25) is 11.8 Å². The molecule has 2 aromatic heterocycles. The van der Waals surface area contributed by atoms with Crippen molar-refractivity contribution in [1.82, 2.24) is 14.8 Å². The van der Waals surface area contributed by atoms with Crippen molar-refractivity contribution in [2.24, 2.45) is 0 Å². The molecule has 0 bridgehead atoms. The predicted octanol–water partition coefficient (Wildman–Crippen LogP) is 2.09. The number of rotatable bonds is 4. The maximum absolute atomic E-state index is 12.6. The average molecular weight is 341 g/mol. The number of carbonyl (C=O) groups is 2. The summed E-state index contributed by atoms with van der Waals surface area (Å²) < 4.78 is 0. The standard InChI is InChI=1S/C18H19N3O2S/c22-17(8-13-4-7-24-12-13)20-6-3-15-16(20)9-18(23)21(15)11-14-2-1-5-19-10-14/h1-2,4-5,7,10,12,15-16H,3,6,8-9,11H2/t15-,16+/m0/s1. The van der Waals surface area contributed by atoms with Crippen molar-refractivity contribution in [3.05, 3.63) is 52.5 Å². The first-order chi connectivity index (χ1) is 11.7. The second-order valence-corrected chi connectivity index (χ2v) is 7.19. The molecule has 4 heterocycles. The minimum atomic E-state index is 0.0281. The van der Waals surface area contributed by atoms with Gasteiger partial charge in [-0.1, -0.05) is 6.07 Å². The zero-order valence-corrected chi connectivity index (χ0v) is 14.1. The summed E-state index contributed by atoms with van der Waals surface area (Å²) in [5, 5.41) is 4.00. The van der Waals surface area contributed by atoms with Crippen LogP contribution in [0.5, 0.6) is 0 Å². The highest BCUT2D eigenvalue weighted by molar-refractivity contribution is 7.08. The van der Waals surface area contributed by atoms with Crippen LogP contribution in [0.2, 0.25) is 0 Å². The minimum absolute atomic E-state index is 0.0281. The van der Waals surface area contributed by atoms with E-state index in [-0.39, 0.29) is 23.9 Å². The Bertz CT molecular complexity index is 732. The molecule has 2 aromatic rings. The fourth-order valence-corrected chi connectivity index (χ4v) is 4.47. The van der Waals surface area contributed by atoms with Crippen molar-refractivity contribution >= 4 is 23.2 Å². The topological polar surface area (TPSA) is 53.5 Å². The zero-order chi connectivity index (χ0) is 16.5. The molecule has 0 radical (unpaired) electrons. The summed E-state index contributed by atoms with van der Waals surface area (Å²) in [4.78, 5) is 33.0. The molecular formula is C18H19N3O2S. The second kappa shape index (κ2) is 6.36. The second-order valence-electron chi connectivity index (χ2n) is 6.41. The van der Waals surface area contributed by atoms with Gasteiger partial charge in [0.05, 0.1) is 18.5 Å². The van der Waals surface area contributed by atoms with Crippen LogP contribution >= 0.6 is 11.3 Å². The number of hydrogen-bond acceptors (Lipinski definition) is 4. The fourth-order valence-electron chi connectivity index (χ4n) is 3.80. The van der Waals surface area contributed by atoms with Gasteiger partial charge in [0, 0.05) is 31.9 Å². The smallest absolute Gasteiger partial charge is 0.227 e. The van der Waals surface area contributed by atoms with Crippen molar-refractivity contribution in [1.29, 1.82) is 0 Å². The average Bonchev–Trinajstić information content (AvgIpc) is 3.28. The number of pyridine rings is 1. The van der Waals surface area contributed by atoms with Crippen LogP contribution in [0, 0.1) is 0 Å². The van der Waals surface area contributed by atoms with E-state index in [0.29, 0.717) is 19.4 Å². The Morgan fingerprint density at radius 3 is 2.96 bits per heavy atom. The third-order valence-corrected chi connectivity index (χ3v) is 5.68. The van der Waals surface area contributed by atoms with E-state index in [1.807, 2.05) is 38.8 Å². The Morgan fingerprint density at radius 1 is 1.29 bits per heavy atom. The summed E-state index contributed by atoms with van der Waals surface area (Å²) >= 11 is 1.61. The molecule has 2 fully saturated rings. The minimum Gasteiger partial charge on any atom is -0.337 e. The van der Waals surface area contributed by atoms with Crippen molar-refractivity contribution in [3.63, 3.8) is 0 Å². The number of amides is 2. The molecule has 0 saturated carbocycles. The lowest BCUT2D eigenvalue weighted by Crippen LogP contribution is -2.40. The van der Waals surface area contributed by atoms with Crippen LogP contribution in [-0.2, 0) is 22.6 Å². The van der Waals surface area contributed by atoms with Crippen LogP contribution in [-0.4, -0.2) is 45.2 Å². The Hall–Kier alpha value is -2.21. The van der Waals surface area contributed by atoms with Gasteiger partial charge in [-0.05, 0) is 40.4 Å². The zero-order valence-electron chi connectivity index (χ0n) is 13.3. The van der Waals surface area contributed by atoms with Gasteiger partial charge in [0.15, 0.2) is 0 Å². The van der Waals surface area contributed by atoms with Crippen molar-refractivity contribution in [2.75, 3.05) is 6.54 Å².